The summed E-state index contributed by atoms with van der Waals surface area (Å²) in [6.45, 7) is -1.41. The van der Waals surface area contributed by atoms with Crippen LogP contribution in [-0.4, -0.2) is 34.6 Å². The number of anilines is 1. The van der Waals surface area contributed by atoms with Crippen molar-refractivity contribution in [2.24, 2.45) is 0 Å². The lowest BCUT2D eigenvalue weighted by Crippen LogP contribution is -2.28. The van der Waals surface area contributed by atoms with E-state index in [2.05, 4.69) is 25.3 Å². The second-order valence-corrected chi connectivity index (χ2v) is 6.45. The molecule has 0 saturated carbocycles. The number of benzene rings is 2. The van der Waals surface area contributed by atoms with Crippen molar-refractivity contribution in [3.8, 4) is 5.75 Å². The first kappa shape index (κ1) is 22.7. The van der Waals surface area contributed by atoms with Crippen LogP contribution in [0.25, 0.3) is 0 Å². The Kier molecular flexibility index (Phi) is 6.98. The number of carbonyl (C=O) groups excluding carboxylic acids is 2. The summed E-state index contributed by atoms with van der Waals surface area (Å²) in [6, 6.07) is 10.8. The highest BCUT2D eigenvalue weighted by Gasteiger charge is 2.28. The molecule has 0 aliphatic carbocycles. The van der Waals surface area contributed by atoms with Gasteiger partial charge in [0.15, 0.2) is 18.0 Å². The largest absolute Gasteiger partial charge is 0.484 e. The third kappa shape index (κ3) is 6.49. The van der Waals surface area contributed by atoms with Crippen molar-refractivity contribution >= 4 is 17.5 Å². The Bertz CT molecular complexity index is 1100. The molecule has 7 nitrogen and oxygen atoms in total. The lowest BCUT2D eigenvalue weighted by Gasteiger charge is -2.11. The van der Waals surface area contributed by atoms with Gasteiger partial charge in [-0.25, -0.2) is 14.4 Å². The number of amides is 2. The summed E-state index contributed by atoms with van der Waals surface area (Å²) in [5.74, 6) is -2.00. The molecule has 2 amide bonds. The van der Waals surface area contributed by atoms with Crippen molar-refractivity contribution < 1.29 is 31.9 Å². The molecule has 3 rings (SSSR count). The zero-order valence-corrected chi connectivity index (χ0v) is 16.3. The van der Waals surface area contributed by atoms with Gasteiger partial charge in [0.05, 0.1) is 0 Å². The number of nitrogens with zero attached hydrogens (tertiary/aromatic N) is 2. The van der Waals surface area contributed by atoms with Gasteiger partial charge >= 0.3 is 6.18 Å². The van der Waals surface area contributed by atoms with Crippen LogP contribution in [0.1, 0.15) is 26.5 Å². The van der Waals surface area contributed by atoms with Gasteiger partial charge in [0.25, 0.3) is 11.8 Å². The fraction of sp³-hybridized carbons (Fsp3) is 0.143. The summed E-state index contributed by atoms with van der Waals surface area (Å²) < 4.78 is 54.6. The second kappa shape index (κ2) is 9.86. The Morgan fingerprint density at radius 2 is 1.59 bits per heavy atom. The number of nitrogens with one attached hydrogen (secondary N) is 2. The Morgan fingerprint density at radius 3 is 2.25 bits per heavy atom. The number of halogens is 4. The number of aromatic nitrogens is 2. The number of carbonyl (C=O) groups is 2. The Hall–Kier alpha value is -4.02. The molecule has 1 aromatic heterocycles. The smallest absolute Gasteiger partial charge is 0.422 e. The number of rotatable bonds is 7. The van der Waals surface area contributed by atoms with Gasteiger partial charge in [-0.05, 0) is 29.8 Å². The topological polar surface area (TPSA) is 93.2 Å². The fourth-order valence-electron chi connectivity index (χ4n) is 2.56. The summed E-state index contributed by atoms with van der Waals surface area (Å²) >= 11 is 0. The predicted octanol–water partition coefficient (Wildman–Crippen LogP) is 3.74. The van der Waals surface area contributed by atoms with Crippen LogP contribution in [0, 0.1) is 5.82 Å². The van der Waals surface area contributed by atoms with Crippen LogP contribution < -0.4 is 15.4 Å². The van der Waals surface area contributed by atoms with E-state index < -0.39 is 30.4 Å². The van der Waals surface area contributed by atoms with E-state index in [-0.39, 0.29) is 29.4 Å². The second-order valence-electron chi connectivity index (χ2n) is 6.45. The zero-order chi connectivity index (χ0) is 23.1. The molecule has 0 saturated heterocycles. The third-order valence-corrected chi connectivity index (χ3v) is 3.99. The van der Waals surface area contributed by atoms with Crippen LogP contribution in [-0.2, 0) is 6.54 Å². The summed E-state index contributed by atoms with van der Waals surface area (Å²) in [5.41, 5.74) is 0.227. The van der Waals surface area contributed by atoms with Crippen LogP contribution in [0.4, 0.5) is 23.2 Å². The van der Waals surface area contributed by atoms with Crippen LogP contribution in [0.2, 0.25) is 0 Å². The number of alkyl halides is 3. The minimum atomic E-state index is -4.50. The van der Waals surface area contributed by atoms with Crippen LogP contribution in [0.3, 0.4) is 0 Å². The molecule has 0 aliphatic heterocycles. The van der Waals surface area contributed by atoms with Gasteiger partial charge in [-0.2, -0.15) is 13.2 Å². The Labute approximate surface area is 179 Å². The van der Waals surface area contributed by atoms with E-state index in [1.807, 2.05) is 0 Å². The highest BCUT2D eigenvalue weighted by Crippen LogP contribution is 2.22. The normalized spacial score (nSPS) is 11.0. The molecule has 0 aliphatic rings. The van der Waals surface area contributed by atoms with Gasteiger partial charge in [-0.1, -0.05) is 18.2 Å². The van der Waals surface area contributed by atoms with Crippen molar-refractivity contribution in [3.05, 3.63) is 83.7 Å². The SMILES string of the molecule is O=C(NCc1ccc(F)cc1)c1nccnc1C(=O)Nc1cccc(OCC(F)(F)F)c1. The quantitative estimate of drug-likeness (QED) is 0.538. The Morgan fingerprint density at radius 1 is 0.938 bits per heavy atom. The van der Waals surface area contributed by atoms with E-state index in [0.29, 0.717) is 5.56 Å². The maximum absolute atomic E-state index is 13.0. The van der Waals surface area contributed by atoms with Crippen LogP contribution in [0.5, 0.6) is 5.75 Å². The van der Waals surface area contributed by atoms with E-state index >= 15 is 0 Å². The van der Waals surface area contributed by atoms with Crippen molar-refractivity contribution in [1.29, 1.82) is 0 Å². The maximum Gasteiger partial charge on any atom is 0.422 e. The lowest BCUT2D eigenvalue weighted by molar-refractivity contribution is -0.153. The molecule has 166 valence electrons. The maximum atomic E-state index is 13.0. The van der Waals surface area contributed by atoms with Gasteiger partial charge in [-0.3, -0.25) is 9.59 Å². The standard InChI is InChI=1S/C21H16F4N4O3/c22-14-6-4-13(5-7-14)11-28-19(30)17-18(27-9-8-26-17)20(31)29-15-2-1-3-16(10-15)32-12-21(23,24)25/h1-10H,11-12H2,(H,28,30)(H,29,31). The molecule has 0 fully saturated rings. The number of hydrogen-bond donors (Lipinski definition) is 2. The van der Waals surface area contributed by atoms with Gasteiger partial charge in [0, 0.05) is 30.7 Å². The molecular weight excluding hydrogens is 432 g/mol. The first-order valence-corrected chi connectivity index (χ1v) is 9.16. The molecule has 2 N–H and O–H groups in total. The summed E-state index contributed by atoms with van der Waals surface area (Å²) in [7, 11) is 0. The van der Waals surface area contributed by atoms with Gasteiger partial charge in [0.2, 0.25) is 0 Å². The lowest BCUT2D eigenvalue weighted by atomic mass is 10.2. The molecular formula is C21H16F4N4O3. The molecule has 0 unspecified atom stereocenters. The number of hydrogen-bond acceptors (Lipinski definition) is 5. The molecule has 2 aromatic carbocycles. The average molecular weight is 448 g/mol. The highest BCUT2D eigenvalue weighted by atomic mass is 19.4. The minimum Gasteiger partial charge on any atom is -0.484 e. The molecule has 11 heteroatoms. The summed E-state index contributed by atoms with van der Waals surface area (Å²) in [4.78, 5) is 32.9. The van der Waals surface area contributed by atoms with Crippen LogP contribution >= 0.6 is 0 Å². The monoisotopic (exact) mass is 448 g/mol. The van der Waals surface area contributed by atoms with Crippen molar-refractivity contribution in [1.82, 2.24) is 15.3 Å². The molecule has 0 radical (unpaired) electrons. The van der Waals surface area contributed by atoms with E-state index in [0.717, 1.165) is 0 Å². The Balaban J connectivity index is 1.68. The summed E-state index contributed by atoms with van der Waals surface area (Å²) in [5, 5.41) is 5.01. The predicted molar refractivity (Wildman–Crippen MR) is 106 cm³/mol. The van der Waals surface area contributed by atoms with Crippen molar-refractivity contribution in [2.45, 2.75) is 12.7 Å². The molecule has 32 heavy (non-hydrogen) atoms. The molecule has 1 heterocycles. The fourth-order valence-corrected chi connectivity index (χ4v) is 2.56. The molecule has 3 aromatic rings. The number of ether oxygens (including phenoxy) is 1. The molecule has 0 spiro atoms. The average Bonchev–Trinajstić information content (AvgIpc) is 2.77. The zero-order valence-electron chi connectivity index (χ0n) is 16.3. The molecule has 0 atom stereocenters. The van der Waals surface area contributed by atoms with Gasteiger partial charge in [-0.15, -0.1) is 0 Å². The first-order valence-electron chi connectivity index (χ1n) is 9.16. The van der Waals surface area contributed by atoms with E-state index in [9.17, 15) is 27.2 Å². The van der Waals surface area contributed by atoms with Crippen molar-refractivity contribution in [3.63, 3.8) is 0 Å². The van der Waals surface area contributed by atoms with E-state index in [4.69, 9.17) is 0 Å². The highest BCUT2D eigenvalue weighted by molar-refractivity contribution is 6.09. The van der Waals surface area contributed by atoms with E-state index in [1.165, 1.54) is 60.9 Å². The van der Waals surface area contributed by atoms with Gasteiger partial charge < -0.3 is 15.4 Å². The first-order chi connectivity index (χ1) is 15.2. The van der Waals surface area contributed by atoms with Gasteiger partial charge in [0.1, 0.15) is 11.6 Å². The van der Waals surface area contributed by atoms with Crippen molar-refractivity contribution in [2.75, 3.05) is 11.9 Å². The molecule has 0 bridgehead atoms. The summed E-state index contributed by atoms with van der Waals surface area (Å²) in [6.07, 6.45) is -2.06. The third-order valence-electron chi connectivity index (χ3n) is 3.99. The van der Waals surface area contributed by atoms with E-state index in [1.54, 1.807) is 0 Å². The van der Waals surface area contributed by atoms with Crippen LogP contribution in [0.15, 0.2) is 60.9 Å². The minimum absolute atomic E-state index is 0.0648.